The molecule has 1 unspecified atom stereocenters. The Labute approximate surface area is 174 Å². The van der Waals surface area contributed by atoms with E-state index in [1.807, 2.05) is 6.07 Å². The van der Waals surface area contributed by atoms with Crippen LogP contribution in [-0.4, -0.2) is 46.3 Å². The van der Waals surface area contributed by atoms with Gasteiger partial charge in [0.1, 0.15) is 0 Å². The fourth-order valence-corrected chi connectivity index (χ4v) is 6.41. The highest BCUT2D eigenvalue weighted by molar-refractivity contribution is 7.99. The Hall–Kier alpha value is -1.63. The zero-order valence-corrected chi connectivity index (χ0v) is 17.9. The molecule has 0 aliphatic carbocycles. The molecule has 0 bridgehead atoms. The van der Waals surface area contributed by atoms with E-state index in [0.717, 1.165) is 37.4 Å². The lowest BCUT2D eigenvalue weighted by molar-refractivity contribution is -0.143. The van der Waals surface area contributed by atoms with Gasteiger partial charge in [-0.25, -0.2) is 0 Å². The van der Waals surface area contributed by atoms with Crippen LogP contribution in [0.25, 0.3) is 0 Å². The highest BCUT2D eigenvalue weighted by Crippen LogP contribution is 2.44. The number of thioether (sulfide) groups is 1. The third-order valence-corrected chi connectivity index (χ3v) is 7.90. The van der Waals surface area contributed by atoms with Crippen LogP contribution in [0.5, 0.6) is 0 Å². The summed E-state index contributed by atoms with van der Waals surface area (Å²) >= 11 is 3.58. The van der Waals surface area contributed by atoms with Gasteiger partial charge in [-0.2, -0.15) is 11.8 Å². The molecule has 4 rings (SSSR count). The Morgan fingerprint density at radius 1 is 1.14 bits per heavy atom. The number of carbonyl (C=O) groups excluding carboxylic acids is 2. The zero-order valence-electron chi connectivity index (χ0n) is 16.2. The summed E-state index contributed by atoms with van der Waals surface area (Å²) in [5, 5.41) is 0. The molecule has 1 aromatic heterocycles. The molecule has 2 aliphatic heterocycles. The van der Waals surface area contributed by atoms with Gasteiger partial charge in [0, 0.05) is 35.0 Å². The average Bonchev–Trinajstić information content (AvgIpc) is 3.38. The fraction of sp³-hybridized carbons (Fsp3) is 0.455. The number of nitrogens with zero attached hydrogens (tertiary/aromatic N) is 2. The maximum absolute atomic E-state index is 13.1. The van der Waals surface area contributed by atoms with Crippen molar-refractivity contribution in [2.45, 2.75) is 32.7 Å². The van der Waals surface area contributed by atoms with Crippen molar-refractivity contribution in [2.24, 2.45) is 5.41 Å². The van der Waals surface area contributed by atoms with Crippen molar-refractivity contribution >= 4 is 34.9 Å². The van der Waals surface area contributed by atoms with E-state index in [2.05, 4.69) is 48.2 Å². The van der Waals surface area contributed by atoms with E-state index in [4.69, 9.17) is 0 Å². The van der Waals surface area contributed by atoms with Gasteiger partial charge in [-0.05, 0) is 43.2 Å². The molecule has 148 valence electrons. The fourth-order valence-electron chi connectivity index (χ4n) is 4.04. The molecule has 1 spiro atoms. The van der Waals surface area contributed by atoms with E-state index in [0.29, 0.717) is 13.1 Å². The van der Waals surface area contributed by atoms with Crippen LogP contribution < -0.4 is 0 Å². The van der Waals surface area contributed by atoms with E-state index in [9.17, 15) is 9.59 Å². The van der Waals surface area contributed by atoms with Crippen molar-refractivity contribution in [2.75, 3.05) is 24.7 Å². The monoisotopic (exact) mass is 414 g/mol. The molecular weight excluding hydrogens is 388 g/mol. The van der Waals surface area contributed by atoms with Gasteiger partial charge in [0.05, 0.1) is 12.1 Å². The van der Waals surface area contributed by atoms with E-state index in [1.54, 1.807) is 23.1 Å². The minimum absolute atomic E-state index is 0.000397. The van der Waals surface area contributed by atoms with E-state index < -0.39 is 5.41 Å². The molecular formula is C22H26N2O2S2. The predicted molar refractivity (Wildman–Crippen MR) is 115 cm³/mol. The van der Waals surface area contributed by atoms with Gasteiger partial charge >= 0.3 is 0 Å². The third-order valence-electron chi connectivity index (χ3n) is 5.67. The average molecular weight is 415 g/mol. The van der Waals surface area contributed by atoms with Crippen LogP contribution in [0.4, 0.5) is 0 Å². The Bertz CT molecular complexity index is 843. The van der Waals surface area contributed by atoms with Crippen molar-refractivity contribution in [3.05, 3.63) is 57.8 Å². The van der Waals surface area contributed by atoms with Gasteiger partial charge in [0.2, 0.25) is 11.8 Å². The molecule has 4 nitrogen and oxygen atoms in total. The molecule has 6 heteroatoms. The van der Waals surface area contributed by atoms with Crippen molar-refractivity contribution < 1.29 is 9.59 Å². The molecule has 0 N–H and O–H groups in total. The molecule has 28 heavy (non-hydrogen) atoms. The third kappa shape index (κ3) is 4.19. The number of benzene rings is 1. The standard InChI is InChI=1S/C22H26N2O2S2/c1-17-7-8-19(28-17)14-23(11-9-18-5-3-2-4-6-18)16-24-20(25)13-22(21(24)26)10-12-27-15-22/h2-8H,9-16H2,1H3. The Morgan fingerprint density at radius 3 is 2.64 bits per heavy atom. The molecule has 2 amide bonds. The zero-order chi connectivity index (χ0) is 19.6. The second kappa shape index (κ2) is 8.39. The molecule has 1 atom stereocenters. The molecule has 2 saturated heterocycles. The number of imide groups is 1. The second-order valence-electron chi connectivity index (χ2n) is 7.83. The largest absolute Gasteiger partial charge is 0.280 e. The van der Waals surface area contributed by atoms with Crippen LogP contribution in [0.15, 0.2) is 42.5 Å². The van der Waals surface area contributed by atoms with Crippen LogP contribution in [0, 0.1) is 12.3 Å². The van der Waals surface area contributed by atoms with E-state index >= 15 is 0 Å². The minimum atomic E-state index is -0.424. The maximum Gasteiger partial charge on any atom is 0.237 e. The Kier molecular flexibility index (Phi) is 5.90. The van der Waals surface area contributed by atoms with Crippen LogP contribution in [0.3, 0.4) is 0 Å². The number of aryl methyl sites for hydroxylation is 1. The summed E-state index contributed by atoms with van der Waals surface area (Å²) in [5.41, 5.74) is 0.851. The lowest BCUT2D eigenvalue weighted by atomic mass is 9.86. The quantitative estimate of drug-likeness (QED) is 0.644. The first-order chi connectivity index (χ1) is 13.6. The van der Waals surface area contributed by atoms with Crippen molar-refractivity contribution in [3.63, 3.8) is 0 Å². The Morgan fingerprint density at radius 2 is 1.96 bits per heavy atom. The number of hydrogen-bond donors (Lipinski definition) is 0. The molecule has 0 saturated carbocycles. The van der Waals surface area contributed by atoms with Gasteiger partial charge in [0.25, 0.3) is 0 Å². The molecule has 0 radical (unpaired) electrons. The lowest BCUT2D eigenvalue weighted by Gasteiger charge is -2.28. The van der Waals surface area contributed by atoms with Gasteiger partial charge in [0.15, 0.2) is 0 Å². The van der Waals surface area contributed by atoms with Gasteiger partial charge in [-0.3, -0.25) is 19.4 Å². The highest BCUT2D eigenvalue weighted by atomic mass is 32.2. The SMILES string of the molecule is Cc1ccc(CN(CCc2ccccc2)CN2C(=O)CC3(CCSC3)C2=O)s1. The second-order valence-corrected chi connectivity index (χ2v) is 10.3. The number of amides is 2. The molecule has 3 heterocycles. The van der Waals surface area contributed by atoms with Crippen molar-refractivity contribution in [1.29, 1.82) is 0 Å². The number of likely N-dealkylation sites (tertiary alicyclic amines) is 1. The number of thiophene rings is 1. The lowest BCUT2D eigenvalue weighted by Crippen LogP contribution is -2.43. The minimum Gasteiger partial charge on any atom is -0.280 e. The van der Waals surface area contributed by atoms with Crippen LogP contribution in [0.1, 0.15) is 28.2 Å². The molecule has 1 aromatic carbocycles. The van der Waals surface area contributed by atoms with Crippen LogP contribution in [-0.2, 0) is 22.6 Å². The van der Waals surface area contributed by atoms with Gasteiger partial charge < -0.3 is 0 Å². The van der Waals surface area contributed by atoms with Gasteiger partial charge in [-0.1, -0.05) is 30.3 Å². The van der Waals surface area contributed by atoms with Crippen LogP contribution >= 0.6 is 23.1 Å². The predicted octanol–water partition coefficient (Wildman–Crippen LogP) is 3.94. The van der Waals surface area contributed by atoms with Crippen molar-refractivity contribution in [3.8, 4) is 0 Å². The van der Waals surface area contributed by atoms with Crippen molar-refractivity contribution in [1.82, 2.24) is 9.80 Å². The van der Waals surface area contributed by atoms with Crippen LogP contribution in [0.2, 0.25) is 0 Å². The summed E-state index contributed by atoms with van der Waals surface area (Å²) in [6.45, 7) is 4.09. The maximum atomic E-state index is 13.1. The number of rotatable bonds is 7. The first-order valence-corrected chi connectivity index (χ1v) is 11.8. The first kappa shape index (κ1) is 19.7. The topological polar surface area (TPSA) is 40.6 Å². The van der Waals surface area contributed by atoms with E-state index in [1.165, 1.54) is 20.2 Å². The Balaban J connectivity index is 1.47. The normalized spacial score (nSPS) is 22.1. The summed E-state index contributed by atoms with van der Waals surface area (Å²) in [6.07, 6.45) is 2.14. The van der Waals surface area contributed by atoms with E-state index in [-0.39, 0.29) is 11.8 Å². The summed E-state index contributed by atoms with van der Waals surface area (Å²) in [5.74, 6) is 1.83. The summed E-state index contributed by atoms with van der Waals surface area (Å²) in [7, 11) is 0. The summed E-state index contributed by atoms with van der Waals surface area (Å²) < 4.78 is 0. The smallest absolute Gasteiger partial charge is 0.237 e. The molecule has 2 aromatic rings. The highest BCUT2D eigenvalue weighted by Gasteiger charge is 2.53. The summed E-state index contributed by atoms with van der Waals surface area (Å²) in [4.78, 5) is 32.1. The molecule has 2 fully saturated rings. The van der Waals surface area contributed by atoms with Gasteiger partial charge in [-0.15, -0.1) is 11.3 Å². The number of carbonyl (C=O) groups is 2. The first-order valence-electron chi connectivity index (χ1n) is 9.80. The number of hydrogen-bond acceptors (Lipinski definition) is 5. The molecule has 2 aliphatic rings. The summed E-state index contributed by atoms with van der Waals surface area (Å²) in [6, 6.07) is 14.7.